The van der Waals surface area contributed by atoms with Crippen LogP contribution in [0.3, 0.4) is 0 Å². The van der Waals surface area contributed by atoms with Gasteiger partial charge in [-0.3, -0.25) is 4.79 Å². The molecular weight excluding hydrogens is 174 g/mol. The molecule has 0 saturated carbocycles. The molecule has 1 N–H and O–H groups in total. The molecule has 0 amide bonds. The summed E-state index contributed by atoms with van der Waals surface area (Å²) in [4.78, 5) is 13.5. The van der Waals surface area contributed by atoms with E-state index in [4.69, 9.17) is 11.6 Å². The number of nitrogens with one attached hydrogen (secondary N) is 1. The second-order valence-electron chi connectivity index (χ2n) is 2.53. The van der Waals surface area contributed by atoms with Crippen LogP contribution in [0.2, 0.25) is 5.02 Å². The van der Waals surface area contributed by atoms with E-state index < -0.39 is 0 Å². The van der Waals surface area contributed by atoms with Crippen LogP contribution in [-0.4, -0.2) is 11.3 Å². The SMILES string of the molecule is O=Cc1ccc2cc[nH]c2c1Cl. The number of benzene rings is 1. The summed E-state index contributed by atoms with van der Waals surface area (Å²) >= 11 is 5.92. The zero-order valence-corrected chi connectivity index (χ0v) is 6.93. The van der Waals surface area contributed by atoms with Crippen LogP contribution in [0.4, 0.5) is 0 Å². The number of rotatable bonds is 1. The molecule has 0 saturated heterocycles. The molecule has 60 valence electrons. The first kappa shape index (κ1) is 7.37. The number of halogens is 1. The number of H-pyrrole nitrogens is 1. The van der Waals surface area contributed by atoms with Crippen LogP contribution in [0.5, 0.6) is 0 Å². The molecule has 2 nitrogen and oxygen atoms in total. The van der Waals surface area contributed by atoms with Crippen molar-refractivity contribution in [3.05, 3.63) is 35.0 Å². The molecule has 0 fully saturated rings. The van der Waals surface area contributed by atoms with Gasteiger partial charge < -0.3 is 4.98 Å². The molecule has 3 heteroatoms. The third kappa shape index (κ3) is 0.924. The Morgan fingerprint density at radius 1 is 1.33 bits per heavy atom. The number of carbonyl (C=O) groups is 1. The van der Waals surface area contributed by atoms with Gasteiger partial charge in [-0.1, -0.05) is 17.7 Å². The topological polar surface area (TPSA) is 32.9 Å². The van der Waals surface area contributed by atoms with E-state index in [0.29, 0.717) is 10.6 Å². The van der Waals surface area contributed by atoms with Gasteiger partial charge in [0, 0.05) is 17.1 Å². The summed E-state index contributed by atoms with van der Waals surface area (Å²) in [6.45, 7) is 0. The Morgan fingerprint density at radius 3 is 2.92 bits per heavy atom. The maximum Gasteiger partial charge on any atom is 0.151 e. The fourth-order valence-corrected chi connectivity index (χ4v) is 1.47. The Morgan fingerprint density at radius 2 is 2.17 bits per heavy atom. The lowest BCUT2D eigenvalue weighted by Crippen LogP contribution is -1.81. The quantitative estimate of drug-likeness (QED) is 0.671. The van der Waals surface area contributed by atoms with E-state index in [9.17, 15) is 4.79 Å². The van der Waals surface area contributed by atoms with E-state index in [0.717, 1.165) is 17.2 Å². The van der Waals surface area contributed by atoms with Crippen LogP contribution in [0.1, 0.15) is 10.4 Å². The monoisotopic (exact) mass is 179 g/mol. The summed E-state index contributed by atoms with van der Waals surface area (Å²) in [5.41, 5.74) is 1.34. The maximum absolute atomic E-state index is 10.5. The van der Waals surface area contributed by atoms with Gasteiger partial charge in [0.2, 0.25) is 0 Å². The van der Waals surface area contributed by atoms with Crippen molar-refractivity contribution in [3.8, 4) is 0 Å². The number of aldehydes is 1. The van der Waals surface area contributed by atoms with E-state index in [-0.39, 0.29) is 0 Å². The molecule has 1 heterocycles. The van der Waals surface area contributed by atoms with E-state index in [1.807, 2.05) is 12.1 Å². The Labute approximate surface area is 74.2 Å². The zero-order valence-electron chi connectivity index (χ0n) is 6.17. The zero-order chi connectivity index (χ0) is 8.55. The molecule has 0 aliphatic carbocycles. The molecule has 0 radical (unpaired) electrons. The molecular formula is C9H6ClNO. The highest BCUT2D eigenvalue weighted by atomic mass is 35.5. The van der Waals surface area contributed by atoms with E-state index in [1.54, 1.807) is 12.3 Å². The van der Waals surface area contributed by atoms with Crippen LogP contribution in [-0.2, 0) is 0 Å². The fourth-order valence-electron chi connectivity index (χ4n) is 1.20. The smallest absolute Gasteiger partial charge is 0.151 e. The molecule has 0 aliphatic rings. The summed E-state index contributed by atoms with van der Waals surface area (Å²) in [5, 5.41) is 1.51. The van der Waals surface area contributed by atoms with Crippen LogP contribution < -0.4 is 0 Å². The minimum atomic E-state index is 0.493. The first-order chi connectivity index (χ1) is 5.83. The largest absolute Gasteiger partial charge is 0.360 e. The van der Waals surface area contributed by atoms with Crippen molar-refractivity contribution in [2.75, 3.05) is 0 Å². The van der Waals surface area contributed by atoms with Gasteiger partial charge in [-0.25, -0.2) is 0 Å². The predicted molar refractivity (Wildman–Crippen MR) is 48.7 cm³/mol. The molecule has 0 spiro atoms. The number of carbonyl (C=O) groups excluding carboxylic acids is 1. The number of fused-ring (bicyclic) bond motifs is 1. The van der Waals surface area contributed by atoms with Gasteiger partial charge in [0.25, 0.3) is 0 Å². The average molecular weight is 180 g/mol. The van der Waals surface area contributed by atoms with Crippen molar-refractivity contribution in [1.82, 2.24) is 4.98 Å². The van der Waals surface area contributed by atoms with Crippen molar-refractivity contribution in [3.63, 3.8) is 0 Å². The van der Waals surface area contributed by atoms with E-state index in [1.165, 1.54) is 0 Å². The maximum atomic E-state index is 10.5. The second-order valence-corrected chi connectivity index (χ2v) is 2.91. The molecule has 12 heavy (non-hydrogen) atoms. The van der Waals surface area contributed by atoms with Crippen molar-refractivity contribution in [2.24, 2.45) is 0 Å². The summed E-state index contributed by atoms with van der Waals surface area (Å²) in [5.74, 6) is 0. The summed E-state index contributed by atoms with van der Waals surface area (Å²) < 4.78 is 0. The van der Waals surface area contributed by atoms with Gasteiger partial charge in [-0.2, -0.15) is 0 Å². The van der Waals surface area contributed by atoms with E-state index >= 15 is 0 Å². The fraction of sp³-hybridized carbons (Fsp3) is 0. The summed E-state index contributed by atoms with van der Waals surface area (Å²) in [6, 6.07) is 5.49. The van der Waals surface area contributed by atoms with Gasteiger partial charge in [0.15, 0.2) is 6.29 Å². The number of aromatic amines is 1. The van der Waals surface area contributed by atoms with Crippen LogP contribution in [0.25, 0.3) is 10.9 Å². The molecule has 0 atom stereocenters. The summed E-state index contributed by atoms with van der Waals surface area (Å²) in [7, 11) is 0. The molecule has 2 aromatic rings. The van der Waals surface area contributed by atoms with Crippen molar-refractivity contribution >= 4 is 28.8 Å². The van der Waals surface area contributed by atoms with E-state index in [2.05, 4.69) is 4.98 Å². The van der Waals surface area contributed by atoms with Crippen molar-refractivity contribution in [2.45, 2.75) is 0 Å². The Balaban J connectivity index is 2.86. The van der Waals surface area contributed by atoms with Crippen LogP contribution >= 0.6 is 11.6 Å². The minimum absolute atomic E-state index is 0.493. The van der Waals surface area contributed by atoms with Gasteiger partial charge >= 0.3 is 0 Å². The molecule has 0 aliphatic heterocycles. The second kappa shape index (κ2) is 2.64. The van der Waals surface area contributed by atoms with Crippen molar-refractivity contribution in [1.29, 1.82) is 0 Å². The van der Waals surface area contributed by atoms with Crippen LogP contribution in [0.15, 0.2) is 24.4 Å². The lowest BCUT2D eigenvalue weighted by atomic mass is 10.2. The first-order valence-corrected chi connectivity index (χ1v) is 3.91. The Kier molecular flexibility index (Phi) is 1.62. The molecule has 1 aromatic carbocycles. The number of hydrogen-bond donors (Lipinski definition) is 1. The number of aromatic nitrogens is 1. The van der Waals surface area contributed by atoms with Crippen molar-refractivity contribution < 1.29 is 4.79 Å². The highest BCUT2D eigenvalue weighted by Gasteiger charge is 2.04. The normalized spacial score (nSPS) is 10.4. The lowest BCUT2D eigenvalue weighted by Gasteiger charge is -1.96. The average Bonchev–Trinajstić information content (AvgIpc) is 2.53. The number of hydrogen-bond acceptors (Lipinski definition) is 1. The van der Waals surface area contributed by atoms with Gasteiger partial charge in [0.05, 0.1) is 10.5 Å². The highest BCUT2D eigenvalue weighted by molar-refractivity contribution is 6.37. The van der Waals surface area contributed by atoms with Gasteiger partial charge in [0.1, 0.15) is 0 Å². The Bertz CT molecular complexity index is 433. The lowest BCUT2D eigenvalue weighted by molar-refractivity contribution is 0.112. The third-order valence-corrected chi connectivity index (χ3v) is 2.23. The minimum Gasteiger partial charge on any atom is -0.360 e. The molecule has 1 aromatic heterocycles. The molecule has 2 rings (SSSR count). The van der Waals surface area contributed by atoms with Crippen LogP contribution in [0, 0.1) is 0 Å². The Hall–Kier alpha value is -1.28. The molecule has 0 bridgehead atoms. The van der Waals surface area contributed by atoms with Gasteiger partial charge in [-0.15, -0.1) is 0 Å². The third-order valence-electron chi connectivity index (χ3n) is 1.82. The summed E-state index contributed by atoms with van der Waals surface area (Å²) in [6.07, 6.45) is 2.55. The predicted octanol–water partition coefficient (Wildman–Crippen LogP) is 2.63. The van der Waals surface area contributed by atoms with Gasteiger partial charge in [-0.05, 0) is 12.1 Å². The standard InChI is InChI=1S/C9H6ClNO/c10-8-7(5-12)2-1-6-3-4-11-9(6)8/h1-5,11H. The highest BCUT2D eigenvalue weighted by Crippen LogP contribution is 2.24. The molecule has 0 unspecified atom stereocenters. The first-order valence-electron chi connectivity index (χ1n) is 3.53.